The van der Waals surface area contributed by atoms with Crippen LogP contribution in [0.4, 0.5) is 0 Å². The van der Waals surface area contributed by atoms with Gasteiger partial charge in [-0.2, -0.15) is 0 Å². The van der Waals surface area contributed by atoms with Crippen molar-refractivity contribution < 1.29 is 9.47 Å². The van der Waals surface area contributed by atoms with Gasteiger partial charge in [0, 0.05) is 20.1 Å². The van der Waals surface area contributed by atoms with Crippen molar-refractivity contribution in [3.63, 3.8) is 0 Å². The van der Waals surface area contributed by atoms with E-state index >= 15 is 0 Å². The lowest BCUT2D eigenvalue weighted by Crippen LogP contribution is -2.45. The molecule has 2 heteroatoms. The summed E-state index contributed by atoms with van der Waals surface area (Å²) in [6, 6.07) is 0. The van der Waals surface area contributed by atoms with E-state index in [9.17, 15) is 0 Å². The Kier molecular flexibility index (Phi) is 3.88. The van der Waals surface area contributed by atoms with Gasteiger partial charge in [0.1, 0.15) is 0 Å². The third-order valence-electron chi connectivity index (χ3n) is 6.36. The molecule has 0 saturated heterocycles. The summed E-state index contributed by atoms with van der Waals surface area (Å²) in [7, 11) is 3.54. The highest BCUT2D eigenvalue weighted by molar-refractivity contribution is 5.37. The molecule has 0 radical (unpaired) electrons. The fourth-order valence-corrected chi connectivity index (χ4v) is 4.62. The van der Waals surface area contributed by atoms with E-state index in [0.29, 0.717) is 17.3 Å². The molecule has 0 heterocycles. The molecule has 0 amide bonds. The third kappa shape index (κ3) is 2.16. The van der Waals surface area contributed by atoms with Crippen LogP contribution in [0.1, 0.15) is 60.8 Å². The van der Waals surface area contributed by atoms with Crippen LogP contribution >= 0.6 is 0 Å². The van der Waals surface area contributed by atoms with Crippen LogP contribution in [0, 0.1) is 22.7 Å². The smallest absolute Gasteiger partial charge is 0.171 e. The van der Waals surface area contributed by atoms with E-state index in [1.807, 2.05) is 0 Å². The van der Waals surface area contributed by atoms with E-state index in [4.69, 9.17) is 9.47 Å². The van der Waals surface area contributed by atoms with E-state index < -0.39 is 5.79 Å². The summed E-state index contributed by atoms with van der Waals surface area (Å²) in [5.41, 5.74) is 3.85. The van der Waals surface area contributed by atoms with Gasteiger partial charge in [-0.1, -0.05) is 45.8 Å². The Morgan fingerprint density at radius 2 is 1.65 bits per heavy atom. The normalized spacial score (nSPS) is 32.4. The molecule has 0 saturated carbocycles. The fraction of sp³-hybridized carbons (Fsp3) is 0.889. The van der Waals surface area contributed by atoms with Gasteiger partial charge in [-0.05, 0) is 42.9 Å². The van der Waals surface area contributed by atoms with Crippen molar-refractivity contribution in [2.45, 2.75) is 66.6 Å². The summed E-state index contributed by atoms with van der Waals surface area (Å²) >= 11 is 0. The van der Waals surface area contributed by atoms with Gasteiger partial charge >= 0.3 is 0 Å². The zero-order valence-corrected chi connectivity index (χ0v) is 14.6. The van der Waals surface area contributed by atoms with Crippen LogP contribution in [0.2, 0.25) is 0 Å². The van der Waals surface area contributed by atoms with Crippen molar-refractivity contribution in [3.05, 3.63) is 11.1 Å². The van der Waals surface area contributed by atoms with E-state index in [-0.39, 0.29) is 5.41 Å². The number of allylic oxidation sites excluding steroid dienone is 1. The first-order valence-corrected chi connectivity index (χ1v) is 7.94. The lowest BCUT2D eigenvalue weighted by Gasteiger charge is -2.49. The van der Waals surface area contributed by atoms with Crippen molar-refractivity contribution in [2.24, 2.45) is 22.7 Å². The Morgan fingerprint density at radius 1 is 1.10 bits per heavy atom. The minimum atomic E-state index is -0.499. The largest absolute Gasteiger partial charge is 0.353 e. The lowest BCUT2D eigenvalue weighted by molar-refractivity contribution is -0.221. The molecule has 2 nitrogen and oxygen atoms in total. The van der Waals surface area contributed by atoms with E-state index in [0.717, 1.165) is 6.42 Å². The molecule has 0 spiro atoms. The molecule has 116 valence electrons. The summed E-state index contributed by atoms with van der Waals surface area (Å²) in [4.78, 5) is 0. The number of hydrogen-bond acceptors (Lipinski definition) is 2. The minimum Gasteiger partial charge on any atom is -0.353 e. The quantitative estimate of drug-likeness (QED) is 0.546. The molecule has 2 aliphatic rings. The molecular formula is C18H32O2. The second-order valence-electron chi connectivity index (χ2n) is 8.12. The van der Waals surface area contributed by atoms with Gasteiger partial charge in [0.05, 0.1) is 0 Å². The van der Waals surface area contributed by atoms with E-state index in [1.165, 1.54) is 12.8 Å². The number of ether oxygens (including phenoxy) is 2. The Labute approximate surface area is 124 Å². The van der Waals surface area contributed by atoms with Crippen LogP contribution in [0.15, 0.2) is 11.1 Å². The highest BCUT2D eigenvalue weighted by Gasteiger charge is 2.53. The maximum Gasteiger partial charge on any atom is 0.171 e. The molecule has 20 heavy (non-hydrogen) atoms. The van der Waals surface area contributed by atoms with Crippen molar-refractivity contribution in [3.8, 4) is 0 Å². The summed E-state index contributed by atoms with van der Waals surface area (Å²) in [5.74, 6) is 0.570. The SMILES string of the molecule is COC(C)(OC)C1CCC2=C1C(C)(C)C(C)CC2(C)C. The second-order valence-corrected chi connectivity index (χ2v) is 8.12. The fourth-order valence-electron chi connectivity index (χ4n) is 4.62. The number of hydrogen-bond donors (Lipinski definition) is 0. The molecule has 0 aromatic rings. The molecule has 2 unspecified atom stereocenters. The van der Waals surface area contributed by atoms with Crippen LogP contribution in [0.25, 0.3) is 0 Å². The summed E-state index contributed by atoms with van der Waals surface area (Å²) in [6.45, 7) is 14.1. The topological polar surface area (TPSA) is 18.5 Å². The Balaban J connectivity index is 2.54. The van der Waals surface area contributed by atoms with Crippen molar-refractivity contribution >= 4 is 0 Å². The molecule has 0 N–H and O–H groups in total. The summed E-state index contributed by atoms with van der Waals surface area (Å²) in [6.07, 6.45) is 3.64. The highest BCUT2D eigenvalue weighted by Crippen LogP contribution is 2.61. The van der Waals surface area contributed by atoms with Gasteiger partial charge < -0.3 is 9.47 Å². The van der Waals surface area contributed by atoms with Crippen molar-refractivity contribution in [1.29, 1.82) is 0 Å². The van der Waals surface area contributed by atoms with Crippen LogP contribution in [-0.4, -0.2) is 20.0 Å². The average molecular weight is 280 g/mol. The first kappa shape index (κ1) is 16.0. The van der Waals surface area contributed by atoms with E-state index in [2.05, 4.69) is 41.5 Å². The first-order valence-electron chi connectivity index (χ1n) is 7.94. The predicted molar refractivity (Wildman–Crippen MR) is 83.5 cm³/mol. The van der Waals surface area contributed by atoms with Gasteiger partial charge in [0.25, 0.3) is 0 Å². The van der Waals surface area contributed by atoms with Crippen LogP contribution in [-0.2, 0) is 9.47 Å². The molecule has 2 aliphatic carbocycles. The zero-order valence-electron chi connectivity index (χ0n) is 14.6. The molecular weight excluding hydrogens is 248 g/mol. The molecule has 0 fully saturated rings. The van der Waals surface area contributed by atoms with Gasteiger partial charge in [-0.15, -0.1) is 0 Å². The average Bonchev–Trinajstić information content (AvgIpc) is 2.83. The molecule has 0 aromatic carbocycles. The monoisotopic (exact) mass is 280 g/mol. The van der Waals surface area contributed by atoms with Gasteiger partial charge in [0.2, 0.25) is 0 Å². The molecule has 0 aliphatic heterocycles. The molecule has 0 aromatic heterocycles. The van der Waals surface area contributed by atoms with Gasteiger partial charge in [-0.25, -0.2) is 0 Å². The Bertz CT molecular complexity index is 413. The predicted octanol–water partition coefficient (Wildman–Crippen LogP) is 4.79. The standard InChI is InChI=1S/C18H32O2/c1-12-11-16(2,3)13-9-10-14(15(13)17(12,4)5)18(6,19-7)20-8/h12,14H,9-11H2,1-8H3. The van der Waals surface area contributed by atoms with Gasteiger partial charge in [-0.3, -0.25) is 0 Å². The van der Waals surface area contributed by atoms with Crippen LogP contribution < -0.4 is 0 Å². The minimum absolute atomic E-state index is 0.240. The zero-order chi connectivity index (χ0) is 15.3. The molecule has 2 rings (SSSR count). The maximum atomic E-state index is 5.76. The Hall–Kier alpha value is -0.340. The highest BCUT2D eigenvalue weighted by atomic mass is 16.7. The molecule has 0 bridgehead atoms. The molecule has 2 atom stereocenters. The number of rotatable bonds is 3. The van der Waals surface area contributed by atoms with Crippen molar-refractivity contribution in [2.75, 3.05) is 14.2 Å². The van der Waals surface area contributed by atoms with Crippen molar-refractivity contribution in [1.82, 2.24) is 0 Å². The first-order chi connectivity index (χ1) is 9.10. The summed E-state index contributed by atoms with van der Waals surface area (Å²) in [5, 5.41) is 0. The second kappa shape index (κ2) is 4.84. The maximum absolute atomic E-state index is 5.76. The number of methoxy groups -OCH3 is 2. The lowest BCUT2D eigenvalue weighted by atomic mass is 9.57. The Morgan fingerprint density at radius 3 is 2.15 bits per heavy atom. The van der Waals surface area contributed by atoms with Crippen LogP contribution in [0.3, 0.4) is 0 Å². The van der Waals surface area contributed by atoms with E-state index in [1.54, 1.807) is 25.4 Å². The third-order valence-corrected chi connectivity index (χ3v) is 6.36. The van der Waals surface area contributed by atoms with Crippen LogP contribution in [0.5, 0.6) is 0 Å². The summed E-state index contributed by atoms with van der Waals surface area (Å²) < 4.78 is 11.5. The van der Waals surface area contributed by atoms with Gasteiger partial charge in [0.15, 0.2) is 5.79 Å².